The van der Waals surface area contributed by atoms with Crippen molar-refractivity contribution in [2.75, 3.05) is 20.7 Å². The zero-order valence-electron chi connectivity index (χ0n) is 22.6. The van der Waals surface area contributed by atoms with E-state index in [2.05, 4.69) is 9.98 Å². The summed E-state index contributed by atoms with van der Waals surface area (Å²) in [4.78, 5) is 35.8. The second-order valence-electron chi connectivity index (χ2n) is 10.1. The SMILES string of the molecule is CN1C(=O)C2N=C(CCOc3ccc(Cc4c(-c5ccc(O)cc5)ccc5cc(O)ccc45)cc3)N=C2N(C)C1=O. The molecule has 0 aromatic heterocycles. The second kappa shape index (κ2) is 10.4. The molecule has 2 heterocycles. The van der Waals surface area contributed by atoms with Gasteiger partial charge in [0.1, 0.15) is 28.9 Å². The van der Waals surface area contributed by atoms with Crippen LogP contribution in [-0.4, -0.2) is 70.4 Å². The number of phenolic OH excluding ortho intramolecular Hbond substituents is 2. The van der Waals surface area contributed by atoms with Crippen LogP contribution in [0.1, 0.15) is 17.5 Å². The van der Waals surface area contributed by atoms with E-state index in [0.717, 1.165) is 37.9 Å². The molecule has 0 aliphatic carbocycles. The first-order valence-electron chi connectivity index (χ1n) is 13.2. The number of hydrogen-bond acceptors (Lipinski definition) is 7. The summed E-state index contributed by atoms with van der Waals surface area (Å²) >= 11 is 0. The van der Waals surface area contributed by atoms with E-state index in [0.29, 0.717) is 36.9 Å². The minimum absolute atomic E-state index is 0.214. The zero-order chi connectivity index (χ0) is 28.7. The lowest BCUT2D eigenvalue weighted by atomic mass is 9.90. The number of hydrogen-bond donors (Lipinski definition) is 2. The summed E-state index contributed by atoms with van der Waals surface area (Å²) in [6.45, 7) is 0.321. The third kappa shape index (κ3) is 4.98. The van der Waals surface area contributed by atoms with Gasteiger partial charge in [0.15, 0.2) is 6.04 Å². The zero-order valence-corrected chi connectivity index (χ0v) is 22.6. The smallest absolute Gasteiger partial charge is 0.331 e. The Morgan fingerprint density at radius 2 is 1.59 bits per heavy atom. The van der Waals surface area contributed by atoms with Crippen molar-refractivity contribution >= 4 is 34.4 Å². The molecule has 2 N–H and O–H groups in total. The summed E-state index contributed by atoms with van der Waals surface area (Å²) in [7, 11) is 3.03. The normalized spacial score (nSPS) is 16.6. The van der Waals surface area contributed by atoms with Crippen LogP contribution in [0.4, 0.5) is 4.79 Å². The van der Waals surface area contributed by atoms with E-state index < -0.39 is 12.1 Å². The number of rotatable bonds is 7. The van der Waals surface area contributed by atoms with Crippen LogP contribution in [0.3, 0.4) is 0 Å². The van der Waals surface area contributed by atoms with Crippen molar-refractivity contribution in [2.45, 2.75) is 18.9 Å². The first kappa shape index (κ1) is 26.1. The Labute approximate surface area is 236 Å². The minimum atomic E-state index is -0.776. The fourth-order valence-electron chi connectivity index (χ4n) is 5.23. The van der Waals surface area contributed by atoms with Gasteiger partial charge in [-0.15, -0.1) is 0 Å². The van der Waals surface area contributed by atoms with Gasteiger partial charge in [0, 0.05) is 20.5 Å². The van der Waals surface area contributed by atoms with E-state index in [1.165, 1.54) is 11.9 Å². The van der Waals surface area contributed by atoms with Crippen LogP contribution in [0.25, 0.3) is 21.9 Å². The van der Waals surface area contributed by atoms with Crippen LogP contribution in [0.15, 0.2) is 88.8 Å². The number of aromatic hydroxyl groups is 2. The Bertz CT molecular complexity index is 1730. The predicted octanol–water partition coefficient (Wildman–Crippen LogP) is 4.98. The molecule has 1 saturated heterocycles. The maximum Gasteiger partial charge on any atom is 0.331 e. The van der Waals surface area contributed by atoms with Crippen molar-refractivity contribution in [1.29, 1.82) is 0 Å². The molecule has 0 saturated carbocycles. The summed E-state index contributed by atoms with van der Waals surface area (Å²) < 4.78 is 5.93. The number of urea groups is 1. The van der Waals surface area contributed by atoms with E-state index in [4.69, 9.17) is 4.74 Å². The number of benzene rings is 4. The van der Waals surface area contributed by atoms with Crippen LogP contribution in [0.5, 0.6) is 17.2 Å². The Hall–Kier alpha value is -5.18. The Morgan fingerprint density at radius 1 is 0.854 bits per heavy atom. The molecule has 0 bridgehead atoms. The van der Waals surface area contributed by atoms with Gasteiger partial charge < -0.3 is 14.9 Å². The molecule has 6 rings (SSSR count). The summed E-state index contributed by atoms with van der Waals surface area (Å²) in [6, 6.07) is 23.3. The van der Waals surface area contributed by atoms with Crippen LogP contribution in [0.2, 0.25) is 0 Å². The molecule has 0 radical (unpaired) electrons. The van der Waals surface area contributed by atoms with E-state index >= 15 is 0 Å². The molecule has 4 aromatic carbocycles. The van der Waals surface area contributed by atoms with Gasteiger partial charge in [-0.1, -0.05) is 42.5 Å². The van der Waals surface area contributed by atoms with E-state index in [-0.39, 0.29) is 17.4 Å². The highest BCUT2D eigenvalue weighted by Crippen LogP contribution is 2.34. The first-order valence-corrected chi connectivity index (χ1v) is 13.2. The number of imide groups is 1. The number of ether oxygens (including phenoxy) is 1. The van der Waals surface area contributed by atoms with E-state index in [9.17, 15) is 19.8 Å². The maximum absolute atomic E-state index is 12.4. The first-order chi connectivity index (χ1) is 19.8. The molecule has 41 heavy (non-hydrogen) atoms. The van der Waals surface area contributed by atoms with Gasteiger partial charge in [0.25, 0.3) is 5.91 Å². The molecular weight excluding hydrogens is 520 g/mol. The summed E-state index contributed by atoms with van der Waals surface area (Å²) in [5.41, 5.74) is 4.25. The number of fused-ring (bicyclic) bond motifs is 2. The molecule has 1 atom stereocenters. The maximum atomic E-state index is 12.4. The molecular formula is C32H28N4O5. The highest BCUT2D eigenvalue weighted by molar-refractivity contribution is 6.25. The summed E-state index contributed by atoms with van der Waals surface area (Å²) in [5.74, 6) is 1.58. The van der Waals surface area contributed by atoms with E-state index in [1.807, 2.05) is 54.6 Å². The van der Waals surface area contributed by atoms with Crippen LogP contribution < -0.4 is 4.74 Å². The number of aliphatic imine (C=N–C) groups is 2. The largest absolute Gasteiger partial charge is 0.508 e. The van der Waals surface area contributed by atoms with Gasteiger partial charge >= 0.3 is 6.03 Å². The lowest BCUT2D eigenvalue weighted by Gasteiger charge is -2.31. The van der Waals surface area contributed by atoms with Crippen molar-refractivity contribution in [2.24, 2.45) is 9.98 Å². The molecule has 2 aliphatic heterocycles. The highest BCUT2D eigenvalue weighted by Gasteiger charge is 2.43. The Morgan fingerprint density at radius 3 is 2.34 bits per heavy atom. The second-order valence-corrected chi connectivity index (χ2v) is 10.1. The molecule has 2 aliphatic rings. The van der Waals surface area contributed by atoms with Gasteiger partial charge in [-0.2, -0.15) is 0 Å². The fourth-order valence-corrected chi connectivity index (χ4v) is 5.23. The van der Waals surface area contributed by atoms with Crippen molar-refractivity contribution in [3.8, 4) is 28.4 Å². The van der Waals surface area contributed by atoms with Gasteiger partial charge in [-0.05, 0) is 75.8 Å². The minimum Gasteiger partial charge on any atom is -0.508 e. The monoisotopic (exact) mass is 548 g/mol. The van der Waals surface area contributed by atoms with Crippen LogP contribution in [0, 0.1) is 0 Å². The third-order valence-corrected chi connectivity index (χ3v) is 7.44. The molecule has 3 amide bonds. The van der Waals surface area contributed by atoms with Gasteiger partial charge in [-0.3, -0.25) is 14.6 Å². The lowest BCUT2D eigenvalue weighted by Crippen LogP contribution is -2.58. The number of carbonyl (C=O) groups excluding carboxylic acids is 2. The average Bonchev–Trinajstić information content (AvgIpc) is 3.41. The van der Waals surface area contributed by atoms with Crippen molar-refractivity contribution in [1.82, 2.24) is 9.80 Å². The standard InChI is InChI=1S/C32H28N4O5/c1-35-30-29(31(39)36(2)32(35)40)33-28(34-30)15-16-41-24-11-3-19(4-12-24)17-27-25(20-5-8-22(37)9-6-20)13-7-21-18-23(38)10-14-26(21)27/h3-14,18,29,37-38H,15-17H2,1-2H3. The van der Waals surface area contributed by atoms with Gasteiger partial charge in [-0.25, -0.2) is 14.8 Å². The summed E-state index contributed by atoms with van der Waals surface area (Å²) in [5, 5.41) is 21.8. The number of nitrogens with zero attached hydrogens (tertiary/aromatic N) is 4. The summed E-state index contributed by atoms with van der Waals surface area (Å²) in [6.07, 6.45) is 1.06. The van der Waals surface area contributed by atoms with Crippen molar-refractivity contribution < 1.29 is 24.5 Å². The van der Waals surface area contributed by atoms with Gasteiger partial charge in [0.05, 0.1) is 6.61 Å². The quantitative estimate of drug-likeness (QED) is 0.338. The average molecular weight is 549 g/mol. The number of amides is 3. The molecule has 1 fully saturated rings. The van der Waals surface area contributed by atoms with Gasteiger partial charge in [0.2, 0.25) is 0 Å². The lowest BCUT2D eigenvalue weighted by molar-refractivity contribution is -0.128. The topological polar surface area (TPSA) is 115 Å². The van der Waals surface area contributed by atoms with E-state index in [1.54, 1.807) is 31.3 Å². The Kier molecular flexibility index (Phi) is 6.62. The molecule has 0 spiro atoms. The number of amidine groups is 2. The Balaban J connectivity index is 1.17. The van der Waals surface area contributed by atoms with Crippen molar-refractivity contribution in [3.05, 3.63) is 90.0 Å². The number of phenols is 2. The molecule has 9 heteroatoms. The molecule has 4 aromatic rings. The predicted molar refractivity (Wildman–Crippen MR) is 157 cm³/mol. The molecule has 9 nitrogen and oxygen atoms in total. The number of likely N-dealkylation sites (N-methyl/N-ethyl adjacent to an activating group) is 2. The molecule has 1 unspecified atom stereocenters. The fraction of sp³-hybridized carbons (Fsp3) is 0.188. The third-order valence-electron chi connectivity index (χ3n) is 7.44. The van der Waals surface area contributed by atoms with Crippen molar-refractivity contribution in [3.63, 3.8) is 0 Å². The van der Waals surface area contributed by atoms with Crippen LogP contribution in [-0.2, 0) is 11.2 Å². The number of carbonyl (C=O) groups is 2. The molecule has 206 valence electrons. The van der Waals surface area contributed by atoms with Crippen LogP contribution >= 0.6 is 0 Å². The highest BCUT2D eigenvalue weighted by atomic mass is 16.5.